The largest absolute Gasteiger partial charge is 0.494 e. The molecule has 0 atom stereocenters. The highest BCUT2D eigenvalue weighted by atomic mass is 32.1. The van der Waals surface area contributed by atoms with Crippen LogP contribution >= 0.6 is 11.3 Å². The first-order valence-electron chi connectivity index (χ1n) is 7.64. The third-order valence-corrected chi connectivity index (χ3v) is 6.08. The predicted molar refractivity (Wildman–Crippen MR) is 95.0 cm³/mol. The highest BCUT2D eigenvalue weighted by Crippen LogP contribution is 2.37. The first kappa shape index (κ1) is 14.3. The quantitative estimate of drug-likeness (QED) is 0.622. The molecular formula is C18H19BO2S. The normalized spacial score (nSPS) is 20.1. The Morgan fingerprint density at radius 2 is 1.45 bits per heavy atom. The van der Waals surface area contributed by atoms with Crippen LogP contribution in [0.5, 0.6) is 0 Å². The van der Waals surface area contributed by atoms with Gasteiger partial charge in [0.05, 0.1) is 11.2 Å². The highest BCUT2D eigenvalue weighted by Gasteiger charge is 2.51. The molecule has 112 valence electrons. The van der Waals surface area contributed by atoms with Crippen LogP contribution in [0.25, 0.3) is 20.2 Å². The van der Waals surface area contributed by atoms with Crippen LogP contribution in [0.4, 0.5) is 0 Å². The van der Waals surface area contributed by atoms with Gasteiger partial charge in [-0.1, -0.05) is 30.3 Å². The van der Waals surface area contributed by atoms with Crippen molar-refractivity contribution in [2.45, 2.75) is 38.9 Å². The molecule has 1 aliphatic rings. The van der Waals surface area contributed by atoms with E-state index >= 15 is 0 Å². The summed E-state index contributed by atoms with van der Waals surface area (Å²) in [6.07, 6.45) is 0. The second kappa shape index (κ2) is 4.57. The maximum atomic E-state index is 6.17. The highest BCUT2D eigenvalue weighted by molar-refractivity contribution is 7.25. The van der Waals surface area contributed by atoms with Gasteiger partial charge in [-0.3, -0.25) is 0 Å². The van der Waals surface area contributed by atoms with E-state index in [0.717, 1.165) is 5.46 Å². The van der Waals surface area contributed by atoms with Gasteiger partial charge in [0, 0.05) is 14.8 Å². The molecule has 0 N–H and O–H groups in total. The lowest BCUT2D eigenvalue weighted by Gasteiger charge is -2.32. The van der Waals surface area contributed by atoms with E-state index in [1.54, 1.807) is 0 Å². The lowest BCUT2D eigenvalue weighted by atomic mass is 9.78. The number of hydrogen-bond donors (Lipinski definition) is 0. The van der Waals surface area contributed by atoms with Crippen molar-refractivity contribution in [3.05, 3.63) is 42.5 Å². The van der Waals surface area contributed by atoms with E-state index in [-0.39, 0.29) is 18.3 Å². The zero-order valence-electron chi connectivity index (χ0n) is 13.3. The van der Waals surface area contributed by atoms with Gasteiger partial charge in [-0.15, -0.1) is 11.3 Å². The molecular weight excluding hydrogens is 291 g/mol. The van der Waals surface area contributed by atoms with Crippen molar-refractivity contribution >= 4 is 44.1 Å². The Balaban J connectivity index is 1.82. The van der Waals surface area contributed by atoms with Gasteiger partial charge in [0.1, 0.15) is 0 Å². The van der Waals surface area contributed by atoms with Crippen molar-refractivity contribution in [3.8, 4) is 0 Å². The van der Waals surface area contributed by atoms with Crippen molar-refractivity contribution in [1.29, 1.82) is 0 Å². The third kappa shape index (κ3) is 2.02. The first-order chi connectivity index (χ1) is 10.4. The fraction of sp³-hybridized carbons (Fsp3) is 0.333. The Morgan fingerprint density at radius 1 is 0.818 bits per heavy atom. The summed E-state index contributed by atoms with van der Waals surface area (Å²) in [5.74, 6) is 0. The molecule has 1 aliphatic heterocycles. The summed E-state index contributed by atoms with van der Waals surface area (Å²) in [4.78, 5) is 0. The van der Waals surface area contributed by atoms with Gasteiger partial charge in [0.2, 0.25) is 0 Å². The number of hydrogen-bond acceptors (Lipinski definition) is 3. The molecule has 2 nitrogen and oxygen atoms in total. The van der Waals surface area contributed by atoms with Crippen molar-refractivity contribution in [3.63, 3.8) is 0 Å². The van der Waals surface area contributed by atoms with E-state index in [4.69, 9.17) is 9.31 Å². The maximum absolute atomic E-state index is 6.17. The predicted octanol–water partition coefficient (Wildman–Crippen LogP) is 4.35. The summed E-state index contributed by atoms with van der Waals surface area (Å²) >= 11 is 1.83. The van der Waals surface area contributed by atoms with E-state index in [0.29, 0.717) is 0 Å². The van der Waals surface area contributed by atoms with Crippen molar-refractivity contribution in [2.75, 3.05) is 0 Å². The smallest absolute Gasteiger partial charge is 0.399 e. The molecule has 0 aliphatic carbocycles. The Bertz CT molecular complexity index is 850. The van der Waals surface area contributed by atoms with Crippen molar-refractivity contribution < 1.29 is 9.31 Å². The standard InChI is InChI=1S/C18H19BO2S/c1-17(2)18(3,4)21-19(20-17)12-9-10-16-14(11-12)13-7-5-6-8-15(13)22-16/h5-11H,1-4H3. The van der Waals surface area contributed by atoms with E-state index < -0.39 is 0 Å². The summed E-state index contributed by atoms with van der Waals surface area (Å²) in [6, 6.07) is 15.1. The van der Waals surface area contributed by atoms with E-state index in [2.05, 4.69) is 70.2 Å². The van der Waals surface area contributed by atoms with Crippen LogP contribution in [0, 0.1) is 0 Å². The minimum Gasteiger partial charge on any atom is -0.399 e. The van der Waals surface area contributed by atoms with Crippen molar-refractivity contribution in [1.82, 2.24) is 0 Å². The molecule has 0 radical (unpaired) electrons. The molecule has 3 aromatic rings. The average Bonchev–Trinajstić information content (AvgIpc) is 2.93. The molecule has 2 aromatic carbocycles. The lowest BCUT2D eigenvalue weighted by molar-refractivity contribution is 0.00578. The topological polar surface area (TPSA) is 18.5 Å². The van der Waals surface area contributed by atoms with E-state index in [1.165, 1.54) is 20.2 Å². The van der Waals surface area contributed by atoms with Crippen LogP contribution in [0.15, 0.2) is 42.5 Å². The monoisotopic (exact) mass is 310 g/mol. The molecule has 2 heterocycles. The second-order valence-corrected chi connectivity index (χ2v) is 8.03. The zero-order chi connectivity index (χ0) is 15.5. The Labute approximate surface area is 135 Å². The number of benzene rings is 2. The minimum absolute atomic E-state index is 0.298. The van der Waals surface area contributed by atoms with Gasteiger partial charge in [0.15, 0.2) is 0 Å². The van der Waals surface area contributed by atoms with Crippen LogP contribution in [-0.2, 0) is 9.31 Å². The van der Waals surface area contributed by atoms with Crippen LogP contribution in [0.1, 0.15) is 27.7 Å². The Morgan fingerprint density at radius 3 is 2.18 bits per heavy atom. The Kier molecular flexibility index (Phi) is 2.96. The maximum Gasteiger partial charge on any atom is 0.494 e. The van der Waals surface area contributed by atoms with Crippen molar-refractivity contribution in [2.24, 2.45) is 0 Å². The fourth-order valence-corrected chi connectivity index (χ4v) is 3.96. The van der Waals surface area contributed by atoms with Crippen LogP contribution in [0.2, 0.25) is 0 Å². The number of fused-ring (bicyclic) bond motifs is 3. The molecule has 4 rings (SSSR count). The van der Waals surface area contributed by atoms with Gasteiger partial charge in [-0.05, 0) is 50.7 Å². The number of rotatable bonds is 1. The van der Waals surface area contributed by atoms with Gasteiger partial charge in [-0.25, -0.2) is 0 Å². The molecule has 1 aromatic heterocycles. The van der Waals surface area contributed by atoms with Crippen LogP contribution in [-0.4, -0.2) is 18.3 Å². The third-order valence-electron chi connectivity index (χ3n) is 4.93. The second-order valence-electron chi connectivity index (χ2n) is 6.94. The summed E-state index contributed by atoms with van der Waals surface area (Å²) in [7, 11) is -0.298. The molecule has 22 heavy (non-hydrogen) atoms. The number of thiophene rings is 1. The zero-order valence-corrected chi connectivity index (χ0v) is 14.2. The van der Waals surface area contributed by atoms with Gasteiger partial charge in [0.25, 0.3) is 0 Å². The molecule has 0 unspecified atom stereocenters. The molecule has 4 heteroatoms. The van der Waals surface area contributed by atoms with Crippen LogP contribution < -0.4 is 5.46 Å². The molecule has 1 fully saturated rings. The molecule has 0 saturated carbocycles. The molecule has 0 amide bonds. The van der Waals surface area contributed by atoms with Gasteiger partial charge < -0.3 is 9.31 Å². The summed E-state index contributed by atoms with van der Waals surface area (Å²) in [6.45, 7) is 8.36. The lowest BCUT2D eigenvalue weighted by Crippen LogP contribution is -2.41. The average molecular weight is 310 g/mol. The summed E-state index contributed by atoms with van der Waals surface area (Å²) < 4.78 is 15.0. The molecule has 1 saturated heterocycles. The Hall–Kier alpha value is -1.36. The fourth-order valence-electron chi connectivity index (χ4n) is 2.87. The van der Waals surface area contributed by atoms with Gasteiger partial charge >= 0.3 is 7.12 Å². The first-order valence-corrected chi connectivity index (χ1v) is 8.46. The molecule has 0 bridgehead atoms. The van der Waals surface area contributed by atoms with E-state index in [9.17, 15) is 0 Å². The van der Waals surface area contributed by atoms with E-state index in [1.807, 2.05) is 11.3 Å². The summed E-state index contributed by atoms with van der Waals surface area (Å²) in [5.41, 5.74) is 0.488. The SMILES string of the molecule is CC1(C)OB(c2ccc3sc4ccccc4c3c2)OC1(C)C. The minimum atomic E-state index is -0.302. The summed E-state index contributed by atoms with van der Waals surface area (Å²) in [5, 5.41) is 2.59. The van der Waals surface area contributed by atoms with Crippen LogP contribution in [0.3, 0.4) is 0 Å². The van der Waals surface area contributed by atoms with Gasteiger partial charge in [-0.2, -0.15) is 0 Å². The molecule has 0 spiro atoms.